The first-order valence-corrected chi connectivity index (χ1v) is 32.4. The molecule has 3 N–H and O–H groups in total. The van der Waals surface area contributed by atoms with Gasteiger partial charge in [-0.15, -0.1) is 0 Å². The largest absolute Gasteiger partial charge is 0.466 e. The van der Waals surface area contributed by atoms with Crippen LogP contribution in [0.2, 0.25) is 0 Å². The maximum atomic E-state index is 12.4. The zero-order valence-electron chi connectivity index (χ0n) is 48.9. The van der Waals surface area contributed by atoms with Gasteiger partial charge in [0.2, 0.25) is 5.91 Å². The lowest BCUT2D eigenvalue weighted by Crippen LogP contribution is -2.45. The summed E-state index contributed by atoms with van der Waals surface area (Å²) in [6.07, 6.45) is 80.3. The normalized spacial score (nSPS) is 12.9. The van der Waals surface area contributed by atoms with Crippen LogP contribution in [0.4, 0.5) is 0 Å². The van der Waals surface area contributed by atoms with Crippen LogP contribution in [-0.4, -0.2) is 47.4 Å². The number of rotatable bonds is 60. The highest BCUT2D eigenvalue weighted by molar-refractivity contribution is 5.76. The molecule has 0 heterocycles. The molecular formula is C67H125NO5. The second kappa shape index (κ2) is 62.4. The molecule has 0 aromatic rings. The maximum Gasteiger partial charge on any atom is 0.305 e. The molecule has 0 saturated heterocycles. The lowest BCUT2D eigenvalue weighted by atomic mass is 10.0. The standard InChI is InChI=1S/C67H125NO5/c1-3-5-7-9-11-13-15-16-17-18-28-32-35-38-41-45-49-53-57-61-67(72)73-62-58-54-50-46-42-39-36-33-30-27-25-23-21-19-20-22-24-26-29-31-34-37-40-44-48-52-56-60-66(71)68-64(63-69)65(70)59-55-51-47-43-14-12-10-8-6-4-2/h16-17,19-20,23,25,55,59,64-65,69-70H,3-15,18,21-22,24,26-54,56-58,60-63H2,1-2H3,(H,68,71)/b17-16-,20-19-,25-23-,59-55+. The number of unbranched alkanes of at least 4 members (excludes halogenated alkanes) is 43. The van der Waals surface area contributed by atoms with Crippen molar-refractivity contribution in [2.45, 2.75) is 353 Å². The van der Waals surface area contributed by atoms with E-state index in [0.717, 1.165) is 51.4 Å². The Labute approximate surface area is 455 Å². The van der Waals surface area contributed by atoms with Gasteiger partial charge in [-0.3, -0.25) is 9.59 Å². The summed E-state index contributed by atoms with van der Waals surface area (Å²) in [6, 6.07) is -0.629. The molecule has 0 spiro atoms. The summed E-state index contributed by atoms with van der Waals surface area (Å²) in [7, 11) is 0. The fourth-order valence-electron chi connectivity index (χ4n) is 9.84. The number of hydrogen-bond acceptors (Lipinski definition) is 5. The molecule has 6 heteroatoms. The molecule has 6 nitrogen and oxygen atoms in total. The van der Waals surface area contributed by atoms with Crippen LogP contribution in [0.1, 0.15) is 341 Å². The molecular weight excluding hydrogens is 899 g/mol. The van der Waals surface area contributed by atoms with Crippen molar-refractivity contribution in [1.82, 2.24) is 5.32 Å². The third-order valence-electron chi connectivity index (χ3n) is 14.8. The van der Waals surface area contributed by atoms with Gasteiger partial charge >= 0.3 is 5.97 Å². The van der Waals surface area contributed by atoms with Gasteiger partial charge in [-0.2, -0.15) is 0 Å². The van der Waals surface area contributed by atoms with Gasteiger partial charge in [0.05, 0.1) is 25.4 Å². The molecule has 1 amide bonds. The highest BCUT2D eigenvalue weighted by atomic mass is 16.5. The Hall–Kier alpha value is -2.18. The Kier molecular flexibility index (Phi) is 60.5. The molecule has 0 aromatic carbocycles. The summed E-state index contributed by atoms with van der Waals surface area (Å²) in [5.41, 5.74) is 0. The molecule has 0 fully saturated rings. The van der Waals surface area contributed by atoms with Gasteiger partial charge in [0.1, 0.15) is 0 Å². The molecule has 0 aromatic heterocycles. The van der Waals surface area contributed by atoms with E-state index in [1.165, 1.54) is 263 Å². The van der Waals surface area contributed by atoms with E-state index in [1.807, 2.05) is 6.08 Å². The Balaban J connectivity index is 3.40. The van der Waals surface area contributed by atoms with Gasteiger partial charge in [0.15, 0.2) is 0 Å². The van der Waals surface area contributed by atoms with Crippen LogP contribution >= 0.6 is 0 Å². The van der Waals surface area contributed by atoms with Crippen molar-refractivity contribution < 1.29 is 24.5 Å². The van der Waals surface area contributed by atoms with Crippen molar-refractivity contribution in [3.63, 3.8) is 0 Å². The lowest BCUT2D eigenvalue weighted by molar-refractivity contribution is -0.143. The summed E-state index contributed by atoms with van der Waals surface area (Å²) in [4.78, 5) is 24.5. The maximum absolute atomic E-state index is 12.4. The van der Waals surface area contributed by atoms with Crippen LogP contribution in [0, 0.1) is 0 Å². The first kappa shape index (κ1) is 70.8. The molecule has 428 valence electrons. The average Bonchev–Trinajstić information content (AvgIpc) is 3.39. The minimum absolute atomic E-state index is 0.00958. The number of nitrogens with one attached hydrogen (secondary N) is 1. The average molecular weight is 1020 g/mol. The zero-order chi connectivity index (χ0) is 52.9. The van der Waals surface area contributed by atoms with Crippen LogP contribution in [0.3, 0.4) is 0 Å². The van der Waals surface area contributed by atoms with Crippen LogP contribution in [-0.2, 0) is 14.3 Å². The fourth-order valence-corrected chi connectivity index (χ4v) is 9.84. The minimum atomic E-state index is -0.845. The highest BCUT2D eigenvalue weighted by Gasteiger charge is 2.18. The second-order valence-corrected chi connectivity index (χ2v) is 22.1. The van der Waals surface area contributed by atoms with Gasteiger partial charge < -0.3 is 20.3 Å². The number of allylic oxidation sites excluding steroid dienone is 7. The first-order chi connectivity index (χ1) is 36.0. The Morgan fingerprint density at radius 2 is 0.685 bits per heavy atom. The van der Waals surface area contributed by atoms with E-state index < -0.39 is 12.1 Å². The van der Waals surface area contributed by atoms with Crippen molar-refractivity contribution in [1.29, 1.82) is 0 Å². The van der Waals surface area contributed by atoms with E-state index in [-0.39, 0.29) is 18.5 Å². The second-order valence-electron chi connectivity index (χ2n) is 22.1. The number of carbonyl (C=O) groups is 2. The van der Waals surface area contributed by atoms with Crippen molar-refractivity contribution >= 4 is 11.9 Å². The number of hydrogen-bond donors (Lipinski definition) is 3. The van der Waals surface area contributed by atoms with E-state index in [0.29, 0.717) is 19.4 Å². The predicted octanol–water partition coefficient (Wildman–Crippen LogP) is 20.5. The third-order valence-corrected chi connectivity index (χ3v) is 14.8. The molecule has 0 bridgehead atoms. The van der Waals surface area contributed by atoms with Crippen LogP contribution in [0.5, 0.6) is 0 Å². The van der Waals surface area contributed by atoms with Crippen molar-refractivity contribution in [2.24, 2.45) is 0 Å². The Bertz CT molecular complexity index is 1230. The van der Waals surface area contributed by atoms with Crippen LogP contribution in [0.25, 0.3) is 0 Å². The molecule has 0 rings (SSSR count). The lowest BCUT2D eigenvalue weighted by Gasteiger charge is -2.20. The highest BCUT2D eigenvalue weighted by Crippen LogP contribution is 2.17. The molecule has 0 aliphatic rings. The number of ether oxygens (including phenoxy) is 1. The van der Waals surface area contributed by atoms with Crippen molar-refractivity contribution in [3.8, 4) is 0 Å². The topological polar surface area (TPSA) is 95.9 Å². The SMILES string of the molecule is CCCCCCCC/C=C\CCCCCCCCCCCC(=O)OCCCCCCCCCCC/C=C\C/C=C\CCCCCCCCCCCCCC(=O)NC(CO)C(O)/C=C/CCCCCCCCCC. The quantitative estimate of drug-likeness (QED) is 0.0320. The van der Waals surface area contributed by atoms with Crippen molar-refractivity contribution in [3.05, 3.63) is 48.6 Å². The van der Waals surface area contributed by atoms with Crippen LogP contribution < -0.4 is 5.32 Å². The van der Waals surface area contributed by atoms with Gasteiger partial charge in [0.25, 0.3) is 0 Å². The van der Waals surface area contributed by atoms with E-state index >= 15 is 0 Å². The summed E-state index contributed by atoms with van der Waals surface area (Å²) in [5.74, 6) is -0.0634. The summed E-state index contributed by atoms with van der Waals surface area (Å²) in [6.45, 7) is 4.89. The summed E-state index contributed by atoms with van der Waals surface area (Å²) >= 11 is 0. The van der Waals surface area contributed by atoms with Crippen molar-refractivity contribution in [2.75, 3.05) is 13.2 Å². The number of aliphatic hydroxyl groups is 2. The van der Waals surface area contributed by atoms with Gasteiger partial charge in [0, 0.05) is 12.8 Å². The predicted molar refractivity (Wildman–Crippen MR) is 319 cm³/mol. The molecule has 2 atom stereocenters. The molecule has 2 unspecified atom stereocenters. The van der Waals surface area contributed by atoms with Gasteiger partial charge in [-0.05, 0) is 89.9 Å². The third kappa shape index (κ3) is 58.9. The first-order valence-electron chi connectivity index (χ1n) is 32.4. The summed E-state index contributed by atoms with van der Waals surface area (Å²) < 4.78 is 5.50. The minimum Gasteiger partial charge on any atom is -0.466 e. The number of carbonyl (C=O) groups excluding carboxylic acids is 2. The van der Waals surface area contributed by atoms with E-state index in [1.54, 1.807) is 6.08 Å². The number of aliphatic hydroxyl groups excluding tert-OH is 2. The molecule has 0 radical (unpaired) electrons. The summed E-state index contributed by atoms with van der Waals surface area (Å²) in [5, 5.41) is 23.0. The Morgan fingerprint density at radius 3 is 1.05 bits per heavy atom. The van der Waals surface area contributed by atoms with Gasteiger partial charge in [-0.1, -0.05) is 287 Å². The van der Waals surface area contributed by atoms with Gasteiger partial charge in [-0.25, -0.2) is 0 Å². The molecule has 0 aliphatic heterocycles. The smallest absolute Gasteiger partial charge is 0.305 e. The monoisotopic (exact) mass is 1020 g/mol. The van der Waals surface area contributed by atoms with E-state index in [9.17, 15) is 19.8 Å². The molecule has 73 heavy (non-hydrogen) atoms. The Morgan fingerprint density at radius 1 is 0.384 bits per heavy atom. The zero-order valence-corrected chi connectivity index (χ0v) is 48.9. The number of esters is 1. The van der Waals surface area contributed by atoms with E-state index in [2.05, 4.69) is 55.6 Å². The molecule has 0 saturated carbocycles. The fraction of sp³-hybridized carbons (Fsp3) is 0.851. The van der Waals surface area contributed by atoms with Crippen LogP contribution in [0.15, 0.2) is 48.6 Å². The number of amides is 1. The van der Waals surface area contributed by atoms with E-state index in [4.69, 9.17) is 4.74 Å². The molecule has 0 aliphatic carbocycles.